The second-order valence-corrected chi connectivity index (χ2v) is 9.96. The highest BCUT2D eigenvalue weighted by atomic mass is 19.1. The van der Waals surface area contributed by atoms with E-state index < -0.39 is 0 Å². The molecule has 1 aliphatic heterocycles. The van der Waals surface area contributed by atoms with Crippen LogP contribution in [-0.2, 0) is 0 Å². The number of benzene rings is 2. The minimum Gasteiger partial charge on any atom is -0.342 e. The van der Waals surface area contributed by atoms with Crippen LogP contribution in [0.3, 0.4) is 0 Å². The highest BCUT2D eigenvalue weighted by Crippen LogP contribution is 2.43. The molecule has 0 radical (unpaired) electrons. The second-order valence-electron chi connectivity index (χ2n) is 9.96. The molecule has 1 aliphatic carbocycles. The third-order valence-electron chi connectivity index (χ3n) is 7.98. The van der Waals surface area contributed by atoms with Crippen LogP contribution in [0, 0.1) is 11.7 Å². The molecule has 6 heteroatoms. The summed E-state index contributed by atoms with van der Waals surface area (Å²) in [4.78, 5) is 27.2. The van der Waals surface area contributed by atoms with E-state index in [4.69, 9.17) is 4.98 Å². The largest absolute Gasteiger partial charge is 0.342 e. The van der Waals surface area contributed by atoms with Crippen LogP contribution >= 0.6 is 0 Å². The van der Waals surface area contributed by atoms with Crippen molar-refractivity contribution < 1.29 is 9.18 Å². The molecule has 6 rings (SSSR count). The lowest BCUT2D eigenvalue weighted by Crippen LogP contribution is -2.41. The number of halogens is 1. The number of carbonyl (C=O) groups excluding carboxylic acids is 1. The smallest absolute Gasteiger partial charge is 0.253 e. The Morgan fingerprint density at radius 3 is 2.62 bits per heavy atom. The number of amides is 1. The summed E-state index contributed by atoms with van der Waals surface area (Å²) in [6.07, 6.45) is 7.33. The minimum atomic E-state index is -0.205. The molecule has 3 heterocycles. The Labute approximate surface area is 198 Å². The molecule has 1 atom stereocenters. The molecule has 2 aromatic carbocycles. The zero-order valence-corrected chi connectivity index (χ0v) is 19.4. The lowest BCUT2D eigenvalue weighted by Gasteiger charge is -2.32. The summed E-state index contributed by atoms with van der Waals surface area (Å²) >= 11 is 0. The Morgan fingerprint density at radius 2 is 1.85 bits per heavy atom. The summed E-state index contributed by atoms with van der Waals surface area (Å²) in [6, 6.07) is 12.7. The lowest BCUT2D eigenvalue weighted by molar-refractivity contribution is 0.0652. The fourth-order valence-electron chi connectivity index (χ4n) is 5.73. The summed E-state index contributed by atoms with van der Waals surface area (Å²) in [5.74, 6) is 2.20. The zero-order chi connectivity index (χ0) is 23.2. The van der Waals surface area contributed by atoms with Gasteiger partial charge in [0.1, 0.15) is 11.6 Å². The van der Waals surface area contributed by atoms with E-state index in [2.05, 4.69) is 23.0 Å². The fraction of sp³-hybridized carbons (Fsp3) is 0.393. The van der Waals surface area contributed by atoms with Gasteiger partial charge in [-0.15, -0.1) is 0 Å². The van der Waals surface area contributed by atoms with Crippen molar-refractivity contribution in [2.75, 3.05) is 13.1 Å². The Hall–Kier alpha value is -3.28. The average molecular weight is 457 g/mol. The standard InChI is InChI=1S/C28H29FN4O/c1-17(27-31-25-9-7-20(15-26(25)32-27)28(34)33-13-2-14-33)18-3-5-19(6-4-18)22-11-12-30-24-10-8-21(29)16-23(22)24/h7-12,15-19H,2-6,13-14H2,1H3,(H,31,32)/t17-,18?,19?/m1/s1. The quantitative estimate of drug-likeness (QED) is 0.399. The van der Waals surface area contributed by atoms with Crippen molar-refractivity contribution in [2.24, 2.45) is 5.92 Å². The number of rotatable bonds is 4. The van der Waals surface area contributed by atoms with Crippen LogP contribution in [-0.4, -0.2) is 38.8 Å². The first kappa shape index (κ1) is 21.3. The van der Waals surface area contributed by atoms with Gasteiger partial charge in [-0.25, -0.2) is 9.37 Å². The Bertz CT molecular complexity index is 1370. The first-order valence-electron chi connectivity index (χ1n) is 12.4. The zero-order valence-electron chi connectivity index (χ0n) is 19.4. The van der Waals surface area contributed by atoms with E-state index in [-0.39, 0.29) is 11.7 Å². The maximum absolute atomic E-state index is 13.9. The molecule has 1 N–H and O–H groups in total. The van der Waals surface area contributed by atoms with Crippen LogP contribution in [0.4, 0.5) is 4.39 Å². The van der Waals surface area contributed by atoms with Gasteiger partial charge in [-0.1, -0.05) is 6.92 Å². The monoisotopic (exact) mass is 456 g/mol. The van der Waals surface area contributed by atoms with Gasteiger partial charge in [0, 0.05) is 36.2 Å². The van der Waals surface area contributed by atoms with E-state index in [1.54, 1.807) is 12.1 Å². The third-order valence-corrected chi connectivity index (χ3v) is 7.98. The van der Waals surface area contributed by atoms with Crippen molar-refractivity contribution in [3.8, 4) is 0 Å². The molecule has 2 aliphatic rings. The van der Waals surface area contributed by atoms with Crippen molar-refractivity contribution >= 4 is 27.8 Å². The Balaban J connectivity index is 1.17. The molecule has 5 nitrogen and oxygen atoms in total. The predicted octanol–water partition coefficient (Wildman–Crippen LogP) is 6.17. The minimum absolute atomic E-state index is 0.110. The molecular weight excluding hydrogens is 427 g/mol. The van der Waals surface area contributed by atoms with Crippen molar-refractivity contribution in [3.05, 3.63) is 71.4 Å². The fourth-order valence-corrected chi connectivity index (χ4v) is 5.73. The topological polar surface area (TPSA) is 61.9 Å². The van der Waals surface area contributed by atoms with Gasteiger partial charge in [0.15, 0.2) is 0 Å². The van der Waals surface area contributed by atoms with Gasteiger partial charge in [-0.3, -0.25) is 9.78 Å². The number of hydrogen-bond donors (Lipinski definition) is 1. The van der Waals surface area contributed by atoms with Gasteiger partial charge < -0.3 is 9.88 Å². The number of carbonyl (C=O) groups is 1. The summed E-state index contributed by atoms with van der Waals surface area (Å²) in [6.45, 7) is 3.97. The SMILES string of the molecule is C[C@@H](c1nc2ccc(C(=O)N3CCC3)cc2[nH]1)C1CCC(c2ccnc3ccc(F)cc23)CC1. The van der Waals surface area contributed by atoms with E-state index in [0.717, 1.165) is 78.5 Å². The van der Waals surface area contributed by atoms with Gasteiger partial charge in [-0.2, -0.15) is 0 Å². The first-order chi connectivity index (χ1) is 16.6. The van der Waals surface area contributed by atoms with Crippen LogP contribution in [0.25, 0.3) is 21.9 Å². The molecular formula is C28H29FN4O. The molecule has 1 saturated heterocycles. The van der Waals surface area contributed by atoms with E-state index in [1.807, 2.05) is 29.3 Å². The van der Waals surface area contributed by atoms with Crippen molar-refractivity contribution in [1.29, 1.82) is 0 Å². The van der Waals surface area contributed by atoms with Crippen LogP contribution in [0.5, 0.6) is 0 Å². The third kappa shape index (κ3) is 3.75. The summed E-state index contributed by atoms with van der Waals surface area (Å²) in [5.41, 5.74) is 4.67. The molecule has 1 amide bonds. The lowest BCUT2D eigenvalue weighted by atomic mass is 9.73. The number of aromatic amines is 1. The Morgan fingerprint density at radius 1 is 1.06 bits per heavy atom. The number of hydrogen-bond acceptors (Lipinski definition) is 3. The number of H-pyrrole nitrogens is 1. The molecule has 174 valence electrons. The number of aromatic nitrogens is 3. The number of imidazole rings is 1. The van der Waals surface area contributed by atoms with Crippen molar-refractivity contribution in [2.45, 2.75) is 50.9 Å². The van der Waals surface area contributed by atoms with Gasteiger partial charge in [-0.05, 0) is 92.0 Å². The number of nitrogens with zero attached hydrogens (tertiary/aromatic N) is 3. The van der Waals surface area contributed by atoms with E-state index in [9.17, 15) is 9.18 Å². The number of fused-ring (bicyclic) bond motifs is 2. The normalized spacial score (nSPS) is 21.5. The van der Waals surface area contributed by atoms with Gasteiger partial charge >= 0.3 is 0 Å². The predicted molar refractivity (Wildman–Crippen MR) is 131 cm³/mol. The van der Waals surface area contributed by atoms with E-state index in [1.165, 1.54) is 11.6 Å². The van der Waals surface area contributed by atoms with Crippen LogP contribution in [0.15, 0.2) is 48.7 Å². The number of nitrogens with one attached hydrogen (secondary N) is 1. The molecule has 0 unspecified atom stereocenters. The molecule has 0 spiro atoms. The molecule has 34 heavy (non-hydrogen) atoms. The molecule has 2 fully saturated rings. The highest BCUT2D eigenvalue weighted by molar-refractivity contribution is 5.97. The van der Waals surface area contributed by atoms with Gasteiger partial charge in [0.05, 0.1) is 16.6 Å². The van der Waals surface area contributed by atoms with Crippen molar-refractivity contribution in [1.82, 2.24) is 19.9 Å². The van der Waals surface area contributed by atoms with Crippen molar-refractivity contribution in [3.63, 3.8) is 0 Å². The van der Waals surface area contributed by atoms with Crippen LogP contribution in [0.2, 0.25) is 0 Å². The maximum atomic E-state index is 13.9. The molecule has 1 saturated carbocycles. The number of pyridine rings is 1. The first-order valence-corrected chi connectivity index (χ1v) is 12.4. The average Bonchev–Trinajstić information content (AvgIpc) is 3.25. The summed E-state index contributed by atoms with van der Waals surface area (Å²) in [5, 5.41) is 0.944. The summed E-state index contributed by atoms with van der Waals surface area (Å²) < 4.78 is 13.9. The molecule has 0 bridgehead atoms. The van der Waals surface area contributed by atoms with Crippen LogP contribution < -0.4 is 0 Å². The highest BCUT2D eigenvalue weighted by Gasteiger charge is 2.29. The molecule has 4 aromatic rings. The Kier molecular flexibility index (Phi) is 5.31. The summed E-state index contributed by atoms with van der Waals surface area (Å²) in [7, 11) is 0. The van der Waals surface area contributed by atoms with E-state index in [0.29, 0.717) is 17.8 Å². The van der Waals surface area contributed by atoms with Gasteiger partial charge in [0.25, 0.3) is 5.91 Å². The second kappa shape index (κ2) is 8.49. The van der Waals surface area contributed by atoms with Crippen LogP contribution in [0.1, 0.15) is 72.6 Å². The van der Waals surface area contributed by atoms with E-state index >= 15 is 0 Å². The maximum Gasteiger partial charge on any atom is 0.253 e. The number of likely N-dealkylation sites (tertiary alicyclic amines) is 1. The molecule has 2 aromatic heterocycles. The van der Waals surface area contributed by atoms with Gasteiger partial charge in [0.2, 0.25) is 0 Å².